The summed E-state index contributed by atoms with van der Waals surface area (Å²) in [5.74, 6) is -0.0560. The summed E-state index contributed by atoms with van der Waals surface area (Å²) in [5.41, 5.74) is 0.750. The number of hydrogen-bond donors (Lipinski definition) is 0. The highest BCUT2D eigenvalue weighted by Crippen LogP contribution is 2.39. The molecule has 1 fully saturated rings. The van der Waals surface area contributed by atoms with E-state index >= 15 is 0 Å². The first-order chi connectivity index (χ1) is 14.9. The van der Waals surface area contributed by atoms with Gasteiger partial charge in [-0.2, -0.15) is 0 Å². The predicted octanol–water partition coefficient (Wildman–Crippen LogP) is 3.87. The molecule has 3 rings (SSSR count). The topological polar surface area (TPSA) is 108 Å². The van der Waals surface area contributed by atoms with Gasteiger partial charge in [0.05, 0.1) is 41.7 Å². The largest absolute Gasteiger partial charge is 0.493 e. The van der Waals surface area contributed by atoms with E-state index in [0.717, 1.165) is 22.2 Å². The molecule has 1 aliphatic heterocycles. The Morgan fingerprint density at radius 3 is 2.52 bits per heavy atom. The highest BCUT2D eigenvalue weighted by atomic mass is 32.2. The first kappa shape index (κ1) is 22.3. The van der Waals surface area contributed by atoms with Crippen LogP contribution in [-0.4, -0.2) is 48.3 Å². The van der Waals surface area contributed by atoms with Crippen LogP contribution in [0, 0.1) is 10.1 Å². The third-order valence-corrected chi connectivity index (χ3v) is 5.33. The zero-order valence-corrected chi connectivity index (χ0v) is 17.7. The Bertz CT molecular complexity index is 1020. The maximum absolute atomic E-state index is 12.5. The van der Waals surface area contributed by atoms with E-state index in [0.29, 0.717) is 0 Å². The van der Waals surface area contributed by atoms with Gasteiger partial charge in [-0.05, 0) is 29.5 Å². The van der Waals surface area contributed by atoms with E-state index in [1.165, 1.54) is 32.4 Å². The molecule has 0 N–H and O–H groups in total. The van der Waals surface area contributed by atoms with Crippen molar-refractivity contribution in [2.75, 3.05) is 27.4 Å². The molecular formula is C21H20N2O7S. The Morgan fingerprint density at radius 1 is 1.13 bits per heavy atom. The molecule has 2 aromatic rings. The van der Waals surface area contributed by atoms with Crippen molar-refractivity contribution in [1.29, 1.82) is 0 Å². The Balaban J connectivity index is 1.91. The quantitative estimate of drug-likeness (QED) is 0.326. The SMILES string of the molecule is COCCN1C(=O)S/C(=C/c2cc(OC)c(OCc3ccccc3)cc2[N+](=O)[O-])C1=O. The summed E-state index contributed by atoms with van der Waals surface area (Å²) < 4.78 is 16.0. The highest BCUT2D eigenvalue weighted by Gasteiger charge is 2.35. The van der Waals surface area contributed by atoms with Gasteiger partial charge in [0.1, 0.15) is 6.61 Å². The zero-order valence-electron chi connectivity index (χ0n) is 16.9. The van der Waals surface area contributed by atoms with Crippen molar-refractivity contribution in [3.05, 3.63) is 68.6 Å². The number of amides is 2. The van der Waals surface area contributed by atoms with Crippen molar-refractivity contribution in [3.63, 3.8) is 0 Å². The highest BCUT2D eigenvalue weighted by molar-refractivity contribution is 8.18. The van der Waals surface area contributed by atoms with Gasteiger partial charge < -0.3 is 14.2 Å². The van der Waals surface area contributed by atoms with E-state index in [-0.39, 0.29) is 47.4 Å². The van der Waals surface area contributed by atoms with Gasteiger partial charge in [0.25, 0.3) is 16.8 Å². The average Bonchev–Trinajstić information content (AvgIpc) is 3.03. The van der Waals surface area contributed by atoms with Gasteiger partial charge in [-0.25, -0.2) is 0 Å². The van der Waals surface area contributed by atoms with Crippen LogP contribution in [0.5, 0.6) is 11.5 Å². The first-order valence-corrected chi connectivity index (χ1v) is 10.0. The summed E-state index contributed by atoms with van der Waals surface area (Å²) in [6.07, 6.45) is 1.32. The number of nitro benzene ring substituents is 1. The van der Waals surface area contributed by atoms with E-state index < -0.39 is 16.1 Å². The van der Waals surface area contributed by atoms with E-state index in [4.69, 9.17) is 14.2 Å². The van der Waals surface area contributed by atoms with Crippen molar-refractivity contribution in [3.8, 4) is 11.5 Å². The van der Waals surface area contributed by atoms with Crippen LogP contribution in [-0.2, 0) is 16.1 Å². The molecule has 31 heavy (non-hydrogen) atoms. The minimum Gasteiger partial charge on any atom is -0.493 e. The Labute approximate surface area is 182 Å². The molecule has 0 saturated carbocycles. The number of carbonyl (C=O) groups excluding carboxylic acids is 2. The molecule has 2 aromatic carbocycles. The molecule has 10 heteroatoms. The fourth-order valence-electron chi connectivity index (χ4n) is 2.86. The van der Waals surface area contributed by atoms with Gasteiger partial charge in [0, 0.05) is 7.11 Å². The lowest BCUT2D eigenvalue weighted by Crippen LogP contribution is -2.31. The number of thioether (sulfide) groups is 1. The first-order valence-electron chi connectivity index (χ1n) is 9.22. The Morgan fingerprint density at radius 2 is 1.87 bits per heavy atom. The van der Waals surface area contributed by atoms with Crippen molar-refractivity contribution >= 4 is 34.7 Å². The van der Waals surface area contributed by atoms with Crippen LogP contribution in [0.25, 0.3) is 6.08 Å². The van der Waals surface area contributed by atoms with Gasteiger partial charge in [-0.3, -0.25) is 24.6 Å². The molecule has 1 aliphatic rings. The monoisotopic (exact) mass is 444 g/mol. The van der Waals surface area contributed by atoms with Crippen molar-refractivity contribution in [2.45, 2.75) is 6.61 Å². The van der Waals surface area contributed by atoms with Crippen LogP contribution in [0.3, 0.4) is 0 Å². The summed E-state index contributed by atoms with van der Waals surface area (Å²) in [7, 11) is 2.88. The average molecular weight is 444 g/mol. The van der Waals surface area contributed by atoms with Crippen LogP contribution in [0.15, 0.2) is 47.4 Å². The number of hydrogen-bond acceptors (Lipinski definition) is 8. The summed E-state index contributed by atoms with van der Waals surface area (Å²) in [6, 6.07) is 12.0. The third kappa shape index (κ3) is 5.22. The lowest BCUT2D eigenvalue weighted by molar-refractivity contribution is -0.385. The maximum Gasteiger partial charge on any atom is 0.293 e. The minimum absolute atomic E-state index is 0.0872. The molecule has 0 aliphatic carbocycles. The number of rotatable bonds is 9. The van der Waals surface area contributed by atoms with Gasteiger partial charge in [0.15, 0.2) is 11.5 Å². The molecule has 2 amide bonds. The number of nitrogens with zero attached hydrogens (tertiary/aromatic N) is 2. The standard InChI is InChI=1S/C21H20N2O7S/c1-28-9-8-22-20(24)19(31-21(22)25)11-15-10-17(29-2)18(12-16(15)23(26)27)30-13-14-6-4-3-5-7-14/h3-7,10-12H,8-9,13H2,1-2H3/b19-11+. The maximum atomic E-state index is 12.5. The molecule has 9 nitrogen and oxygen atoms in total. The second-order valence-corrected chi connectivity index (χ2v) is 7.41. The predicted molar refractivity (Wildman–Crippen MR) is 115 cm³/mol. The normalized spacial score (nSPS) is 14.9. The summed E-state index contributed by atoms with van der Waals surface area (Å²) >= 11 is 0.721. The second-order valence-electron chi connectivity index (χ2n) is 6.42. The summed E-state index contributed by atoms with van der Waals surface area (Å²) in [5, 5.41) is 11.2. The number of imide groups is 1. The zero-order chi connectivity index (χ0) is 22.4. The molecular weight excluding hydrogens is 424 g/mol. The minimum atomic E-state index is -0.574. The Hall–Kier alpha value is -3.37. The molecule has 162 valence electrons. The van der Waals surface area contributed by atoms with Crippen LogP contribution >= 0.6 is 11.8 Å². The fraction of sp³-hybridized carbons (Fsp3) is 0.238. The van der Waals surface area contributed by atoms with Crippen LogP contribution in [0.1, 0.15) is 11.1 Å². The van der Waals surface area contributed by atoms with Gasteiger partial charge >= 0.3 is 0 Å². The lowest BCUT2D eigenvalue weighted by atomic mass is 10.1. The van der Waals surface area contributed by atoms with Crippen LogP contribution in [0.4, 0.5) is 10.5 Å². The number of benzene rings is 2. The van der Waals surface area contributed by atoms with Crippen molar-refractivity contribution in [1.82, 2.24) is 4.90 Å². The van der Waals surface area contributed by atoms with Crippen molar-refractivity contribution < 1.29 is 28.7 Å². The molecule has 0 spiro atoms. The molecule has 0 bridgehead atoms. The van der Waals surface area contributed by atoms with E-state index in [1.54, 1.807) is 0 Å². The number of carbonyl (C=O) groups is 2. The van der Waals surface area contributed by atoms with Crippen LogP contribution in [0.2, 0.25) is 0 Å². The van der Waals surface area contributed by atoms with Gasteiger partial charge in [-0.1, -0.05) is 30.3 Å². The second kappa shape index (κ2) is 10.1. The molecule has 0 unspecified atom stereocenters. The number of ether oxygens (including phenoxy) is 3. The van der Waals surface area contributed by atoms with E-state index in [1.807, 2.05) is 30.3 Å². The van der Waals surface area contributed by atoms with E-state index in [2.05, 4.69) is 0 Å². The molecule has 1 saturated heterocycles. The molecule has 0 radical (unpaired) electrons. The molecule has 0 aromatic heterocycles. The number of methoxy groups -OCH3 is 2. The van der Waals surface area contributed by atoms with Crippen molar-refractivity contribution in [2.24, 2.45) is 0 Å². The lowest BCUT2D eigenvalue weighted by Gasteiger charge is -2.12. The summed E-state index contributed by atoms with van der Waals surface area (Å²) in [4.78, 5) is 36.8. The summed E-state index contributed by atoms with van der Waals surface area (Å²) in [6.45, 7) is 0.509. The third-order valence-electron chi connectivity index (χ3n) is 4.43. The fourth-order valence-corrected chi connectivity index (χ4v) is 3.72. The van der Waals surface area contributed by atoms with E-state index in [9.17, 15) is 19.7 Å². The van der Waals surface area contributed by atoms with Gasteiger partial charge in [-0.15, -0.1) is 0 Å². The van der Waals surface area contributed by atoms with Gasteiger partial charge in [0.2, 0.25) is 0 Å². The number of nitro groups is 1. The molecule has 1 heterocycles. The molecule has 0 atom stereocenters. The smallest absolute Gasteiger partial charge is 0.293 e. The van der Waals surface area contributed by atoms with Crippen LogP contribution < -0.4 is 9.47 Å². The Kier molecular flexibility index (Phi) is 7.27.